The summed E-state index contributed by atoms with van der Waals surface area (Å²) < 4.78 is 35.2. The number of carbonyl (C=O) groups is 2. The molecule has 0 spiro atoms. The standard InChI is InChI=1S/C8H14F3N3O2/c1-5(12)7(16)14(2)3-6(15)13-4-8(9,10)11/h5H,3-4,12H2,1-2H3,(H,13,15). The molecule has 0 saturated heterocycles. The Balaban J connectivity index is 4.02. The first-order chi connectivity index (χ1) is 7.13. The summed E-state index contributed by atoms with van der Waals surface area (Å²) in [6.45, 7) is -0.436. The number of hydrogen-bond donors (Lipinski definition) is 2. The van der Waals surface area contributed by atoms with E-state index in [4.69, 9.17) is 5.73 Å². The quantitative estimate of drug-likeness (QED) is 0.694. The first-order valence-corrected chi connectivity index (χ1v) is 4.47. The molecule has 0 aromatic heterocycles. The molecule has 0 rings (SSSR count). The van der Waals surface area contributed by atoms with Crippen LogP contribution in [0.2, 0.25) is 0 Å². The maximum Gasteiger partial charge on any atom is 0.405 e. The molecule has 16 heavy (non-hydrogen) atoms. The zero-order valence-electron chi connectivity index (χ0n) is 8.97. The minimum absolute atomic E-state index is 0.448. The molecule has 0 aliphatic rings. The highest BCUT2D eigenvalue weighted by Crippen LogP contribution is 2.11. The van der Waals surface area contributed by atoms with Crippen molar-refractivity contribution in [3.63, 3.8) is 0 Å². The summed E-state index contributed by atoms with van der Waals surface area (Å²) in [5.74, 6) is -1.39. The number of likely N-dealkylation sites (N-methyl/N-ethyl adjacent to an activating group) is 1. The zero-order valence-corrected chi connectivity index (χ0v) is 8.97. The highest BCUT2D eigenvalue weighted by molar-refractivity contribution is 5.86. The summed E-state index contributed by atoms with van der Waals surface area (Å²) >= 11 is 0. The Labute approximate surface area is 90.8 Å². The molecule has 0 heterocycles. The van der Waals surface area contributed by atoms with Crippen LogP contribution in [-0.4, -0.2) is 49.1 Å². The van der Waals surface area contributed by atoms with Crippen molar-refractivity contribution in [2.75, 3.05) is 20.1 Å². The van der Waals surface area contributed by atoms with E-state index in [1.165, 1.54) is 14.0 Å². The van der Waals surface area contributed by atoms with Crippen LogP contribution in [0.1, 0.15) is 6.92 Å². The van der Waals surface area contributed by atoms with E-state index < -0.39 is 37.1 Å². The van der Waals surface area contributed by atoms with Crippen LogP contribution in [0.15, 0.2) is 0 Å². The van der Waals surface area contributed by atoms with Gasteiger partial charge in [-0.1, -0.05) is 0 Å². The number of halogens is 3. The van der Waals surface area contributed by atoms with Crippen molar-refractivity contribution in [3.8, 4) is 0 Å². The van der Waals surface area contributed by atoms with Gasteiger partial charge in [0.2, 0.25) is 11.8 Å². The fourth-order valence-electron chi connectivity index (χ4n) is 0.896. The van der Waals surface area contributed by atoms with Crippen molar-refractivity contribution in [1.82, 2.24) is 10.2 Å². The number of rotatable bonds is 4. The maximum atomic E-state index is 11.7. The molecule has 0 aliphatic heterocycles. The Bertz CT molecular complexity index is 266. The minimum Gasteiger partial charge on any atom is -0.345 e. The molecule has 0 saturated carbocycles. The van der Waals surface area contributed by atoms with Crippen molar-refractivity contribution in [1.29, 1.82) is 0 Å². The highest BCUT2D eigenvalue weighted by atomic mass is 19.4. The van der Waals surface area contributed by atoms with Crippen LogP contribution in [0, 0.1) is 0 Å². The predicted octanol–water partition coefficient (Wildman–Crippen LogP) is -0.529. The van der Waals surface area contributed by atoms with E-state index in [-0.39, 0.29) is 0 Å². The van der Waals surface area contributed by atoms with Crippen LogP contribution < -0.4 is 11.1 Å². The third kappa shape index (κ3) is 6.23. The molecule has 94 valence electrons. The molecule has 5 nitrogen and oxygen atoms in total. The van der Waals surface area contributed by atoms with Crippen molar-refractivity contribution in [3.05, 3.63) is 0 Å². The summed E-state index contributed by atoms with van der Waals surface area (Å²) in [7, 11) is 1.29. The first-order valence-electron chi connectivity index (χ1n) is 4.47. The van der Waals surface area contributed by atoms with E-state index in [2.05, 4.69) is 0 Å². The van der Waals surface area contributed by atoms with E-state index in [0.717, 1.165) is 4.90 Å². The van der Waals surface area contributed by atoms with E-state index in [0.29, 0.717) is 0 Å². The van der Waals surface area contributed by atoms with Crippen LogP contribution in [0.3, 0.4) is 0 Å². The van der Waals surface area contributed by atoms with E-state index in [1.54, 1.807) is 5.32 Å². The molecular weight excluding hydrogens is 227 g/mol. The van der Waals surface area contributed by atoms with Gasteiger partial charge in [0.05, 0.1) is 12.6 Å². The van der Waals surface area contributed by atoms with Crippen molar-refractivity contribution in [2.45, 2.75) is 19.1 Å². The summed E-state index contributed by atoms with van der Waals surface area (Å²) in [6, 6.07) is -0.791. The number of nitrogens with two attached hydrogens (primary N) is 1. The number of alkyl halides is 3. The highest BCUT2D eigenvalue weighted by Gasteiger charge is 2.28. The van der Waals surface area contributed by atoms with Crippen LogP contribution in [0.4, 0.5) is 13.2 Å². The number of carbonyl (C=O) groups excluding carboxylic acids is 2. The van der Waals surface area contributed by atoms with Gasteiger partial charge in [-0.05, 0) is 6.92 Å². The molecule has 8 heteroatoms. The molecule has 1 atom stereocenters. The lowest BCUT2D eigenvalue weighted by Gasteiger charge is -2.18. The monoisotopic (exact) mass is 241 g/mol. The average molecular weight is 241 g/mol. The maximum absolute atomic E-state index is 11.7. The number of nitrogens with zero attached hydrogens (tertiary/aromatic N) is 1. The molecule has 0 aromatic carbocycles. The topological polar surface area (TPSA) is 75.4 Å². The third-order valence-corrected chi connectivity index (χ3v) is 1.63. The third-order valence-electron chi connectivity index (χ3n) is 1.63. The van der Waals surface area contributed by atoms with Gasteiger partial charge in [-0.3, -0.25) is 9.59 Å². The fraction of sp³-hybridized carbons (Fsp3) is 0.750. The lowest BCUT2D eigenvalue weighted by molar-refractivity contribution is -0.141. The lowest BCUT2D eigenvalue weighted by Crippen LogP contribution is -2.46. The number of hydrogen-bond acceptors (Lipinski definition) is 3. The van der Waals surface area contributed by atoms with Gasteiger partial charge < -0.3 is 16.0 Å². The van der Waals surface area contributed by atoms with Crippen LogP contribution in [-0.2, 0) is 9.59 Å². The van der Waals surface area contributed by atoms with Crippen LogP contribution >= 0.6 is 0 Å². The largest absolute Gasteiger partial charge is 0.405 e. The van der Waals surface area contributed by atoms with Gasteiger partial charge in [0, 0.05) is 7.05 Å². The minimum atomic E-state index is -4.46. The van der Waals surface area contributed by atoms with Crippen molar-refractivity contribution in [2.24, 2.45) is 5.73 Å². The fourth-order valence-corrected chi connectivity index (χ4v) is 0.896. The molecule has 0 radical (unpaired) electrons. The SMILES string of the molecule is CC(N)C(=O)N(C)CC(=O)NCC(F)(F)F. The van der Waals surface area contributed by atoms with Gasteiger partial charge in [0.15, 0.2) is 0 Å². The van der Waals surface area contributed by atoms with Gasteiger partial charge in [0.25, 0.3) is 0 Å². The number of nitrogens with one attached hydrogen (secondary N) is 1. The van der Waals surface area contributed by atoms with Gasteiger partial charge in [-0.15, -0.1) is 0 Å². The summed E-state index contributed by atoms with van der Waals surface area (Å²) in [6.07, 6.45) is -4.46. The van der Waals surface area contributed by atoms with Crippen molar-refractivity contribution < 1.29 is 22.8 Å². The molecule has 0 fully saturated rings. The van der Waals surface area contributed by atoms with Gasteiger partial charge in [-0.25, -0.2) is 0 Å². The normalized spacial score (nSPS) is 13.1. The van der Waals surface area contributed by atoms with Gasteiger partial charge >= 0.3 is 6.18 Å². The van der Waals surface area contributed by atoms with Crippen molar-refractivity contribution >= 4 is 11.8 Å². The van der Waals surface area contributed by atoms with E-state index >= 15 is 0 Å². The molecular formula is C8H14F3N3O2. The van der Waals surface area contributed by atoms with E-state index in [9.17, 15) is 22.8 Å². The van der Waals surface area contributed by atoms with E-state index in [1.807, 2.05) is 0 Å². The summed E-state index contributed by atoms with van der Waals surface area (Å²) in [4.78, 5) is 23.1. The van der Waals surface area contributed by atoms with Gasteiger partial charge in [0.1, 0.15) is 6.54 Å². The summed E-state index contributed by atoms with van der Waals surface area (Å²) in [5.41, 5.74) is 5.25. The second kappa shape index (κ2) is 5.69. The zero-order chi connectivity index (χ0) is 12.9. The van der Waals surface area contributed by atoms with Gasteiger partial charge in [-0.2, -0.15) is 13.2 Å². The Morgan fingerprint density at radius 1 is 1.44 bits per heavy atom. The van der Waals surface area contributed by atoms with Crippen LogP contribution in [0.5, 0.6) is 0 Å². The smallest absolute Gasteiger partial charge is 0.345 e. The molecule has 0 aliphatic carbocycles. The summed E-state index contributed by atoms with van der Waals surface area (Å²) in [5, 5.41) is 1.65. The second-order valence-corrected chi connectivity index (χ2v) is 3.37. The lowest BCUT2D eigenvalue weighted by atomic mass is 10.3. The Kier molecular flexibility index (Phi) is 5.22. The predicted molar refractivity (Wildman–Crippen MR) is 50.4 cm³/mol. The molecule has 2 amide bonds. The average Bonchev–Trinajstić information content (AvgIpc) is 2.12. The Hall–Kier alpha value is -1.31. The first kappa shape index (κ1) is 14.7. The number of amides is 2. The molecule has 3 N–H and O–H groups in total. The molecule has 1 unspecified atom stereocenters. The molecule has 0 bridgehead atoms. The molecule has 0 aromatic rings. The Morgan fingerprint density at radius 2 is 1.94 bits per heavy atom. The van der Waals surface area contributed by atoms with Crippen LogP contribution in [0.25, 0.3) is 0 Å². The second-order valence-electron chi connectivity index (χ2n) is 3.37. The Morgan fingerprint density at radius 3 is 2.31 bits per heavy atom.